The van der Waals surface area contributed by atoms with E-state index >= 15 is 0 Å². The van der Waals surface area contributed by atoms with Crippen molar-refractivity contribution in [2.75, 3.05) is 25.1 Å². The molecular formula is C17H25N5O4S. The molecule has 0 bridgehead atoms. The Morgan fingerprint density at radius 3 is 2.70 bits per heavy atom. The van der Waals surface area contributed by atoms with E-state index in [-0.39, 0.29) is 18.8 Å². The number of carbonyl (C=O) groups is 3. The monoisotopic (exact) mass is 395 g/mol. The maximum absolute atomic E-state index is 12.0. The quantitative estimate of drug-likeness (QED) is 0.167. The Kier molecular flexibility index (Phi) is 9.73. The van der Waals surface area contributed by atoms with Crippen molar-refractivity contribution >= 4 is 35.6 Å². The summed E-state index contributed by atoms with van der Waals surface area (Å²) >= 11 is 1.69. The molecule has 1 heterocycles. The van der Waals surface area contributed by atoms with Gasteiger partial charge in [-0.05, 0) is 23.8 Å². The Morgan fingerprint density at radius 1 is 1.44 bits per heavy atom. The summed E-state index contributed by atoms with van der Waals surface area (Å²) in [5.41, 5.74) is 6.14. The van der Waals surface area contributed by atoms with Crippen molar-refractivity contribution in [2.24, 2.45) is 5.73 Å². The molecule has 0 radical (unpaired) electrons. The minimum atomic E-state index is -0.823. The third kappa shape index (κ3) is 8.45. The molecule has 0 saturated carbocycles. The number of amides is 3. The van der Waals surface area contributed by atoms with E-state index in [0.29, 0.717) is 17.4 Å². The molecule has 27 heavy (non-hydrogen) atoms. The summed E-state index contributed by atoms with van der Waals surface area (Å²) in [6, 6.07) is 0. The van der Waals surface area contributed by atoms with Crippen molar-refractivity contribution in [1.82, 2.24) is 15.3 Å². The molecule has 0 atom stereocenters. The molecule has 1 saturated heterocycles. The summed E-state index contributed by atoms with van der Waals surface area (Å²) < 4.78 is 0. The van der Waals surface area contributed by atoms with Crippen LogP contribution in [-0.4, -0.2) is 58.9 Å². The first-order valence-electron chi connectivity index (χ1n) is 8.31. The molecule has 1 aliphatic heterocycles. The highest BCUT2D eigenvalue weighted by Gasteiger charge is 2.33. The largest absolute Gasteiger partial charge is 0.438 e. The Labute approximate surface area is 162 Å². The van der Waals surface area contributed by atoms with E-state index < -0.39 is 17.9 Å². The molecule has 0 aromatic rings. The summed E-state index contributed by atoms with van der Waals surface area (Å²) in [5, 5.41) is 10.3. The van der Waals surface area contributed by atoms with Crippen LogP contribution < -0.4 is 11.1 Å². The highest BCUT2D eigenvalue weighted by atomic mass is 32.2. The standard InChI is InChI=1S/C17H25N5O4S/c1-3-5-13(12-27-11-4-9-20-16(18)19)8-10-21(2)17(25)26-22-14(23)6-7-15(22)24/h3,5,8,10H,1,4,6-7,9,11-12H2,2H3,(H4,18,19,20)/b10-8-,13-5+. The van der Waals surface area contributed by atoms with Crippen LogP contribution in [0.4, 0.5) is 4.79 Å². The Morgan fingerprint density at radius 2 is 2.11 bits per heavy atom. The fraction of sp³-hybridized carbons (Fsp3) is 0.412. The fourth-order valence-corrected chi connectivity index (χ4v) is 2.88. The minimum absolute atomic E-state index is 0.0394. The van der Waals surface area contributed by atoms with Crippen LogP contribution in [0.1, 0.15) is 19.3 Å². The number of rotatable bonds is 10. The van der Waals surface area contributed by atoms with Gasteiger partial charge in [-0.15, -0.1) is 5.06 Å². The van der Waals surface area contributed by atoms with Crippen LogP contribution in [0.25, 0.3) is 0 Å². The van der Waals surface area contributed by atoms with Crippen molar-refractivity contribution in [3.05, 3.63) is 36.6 Å². The molecule has 4 N–H and O–H groups in total. The van der Waals surface area contributed by atoms with Gasteiger partial charge in [-0.2, -0.15) is 11.8 Å². The van der Waals surface area contributed by atoms with E-state index in [4.69, 9.17) is 16.0 Å². The van der Waals surface area contributed by atoms with Crippen LogP contribution in [0.5, 0.6) is 0 Å². The molecule has 1 rings (SSSR count). The van der Waals surface area contributed by atoms with Gasteiger partial charge in [0.15, 0.2) is 5.96 Å². The van der Waals surface area contributed by atoms with Crippen molar-refractivity contribution in [3.8, 4) is 0 Å². The number of hydrogen-bond donors (Lipinski definition) is 3. The maximum Gasteiger partial charge on any atom is 0.438 e. The lowest BCUT2D eigenvalue weighted by Gasteiger charge is -2.17. The van der Waals surface area contributed by atoms with Crippen LogP contribution in [-0.2, 0) is 14.4 Å². The lowest BCUT2D eigenvalue weighted by Crippen LogP contribution is -2.36. The normalized spacial score (nSPS) is 14.6. The molecule has 0 aliphatic carbocycles. The second kappa shape index (κ2) is 11.8. The smallest absolute Gasteiger partial charge is 0.370 e. The zero-order valence-electron chi connectivity index (χ0n) is 15.3. The van der Waals surface area contributed by atoms with Crippen LogP contribution in [0.15, 0.2) is 36.6 Å². The Bertz CT molecular complexity index is 631. The number of imide groups is 1. The number of thioether (sulfide) groups is 1. The van der Waals surface area contributed by atoms with E-state index in [2.05, 4.69) is 11.9 Å². The number of hydrogen-bond acceptors (Lipinski definition) is 6. The third-order valence-corrected chi connectivity index (χ3v) is 4.47. The molecule has 10 heteroatoms. The molecule has 148 valence electrons. The predicted molar refractivity (Wildman–Crippen MR) is 105 cm³/mol. The zero-order valence-corrected chi connectivity index (χ0v) is 16.1. The van der Waals surface area contributed by atoms with Crippen LogP contribution in [0, 0.1) is 5.41 Å². The van der Waals surface area contributed by atoms with E-state index in [9.17, 15) is 14.4 Å². The van der Waals surface area contributed by atoms with Crippen LogP contribution in [0.3, 0.4) is 0 Å². The van der Waals surface area contributed by atoms with E-state index in [1.54, 1.807) is 23.9 Å². The number of nitrogens with one attached hydrogen (secondary N) is 2. The van der Waals surface area contributed by atoms with Gasteiger partial charge in [-0.1, -0.05) is 18.7 Å². The SMILES string of the molecule is C=C/C=C(\C=C/N(C)C(=O)ON1C(=O)CCC1=O)CSCCCNC(=N)N. The number of guanidine groups is 1. The first kappa shape index (κ1) is 22.3. The molecule has 9 nitrogen and oxygen atoms in total. The van der Waals surface area contributed by atoms with Crippen molar-refractivity contribution in [1.29, 1.82) is 5.41 Å². The second-order valence-corrected chi connectivity index (χ2v) is 6.69. The summed E-state index contributed by atoms with van der Waals surface area (Å²) in [6.07, 6.45) is 6.85. The number of allylic oxidation sites excluding steroid dienone is 3. The van der Waals surface area contributed by atoms with Gasteiger partial charge >= 0.3 is 6.09 Å². The highest BCUT2D eigenvalue weighted by Crippen LogP contribution is 2.14. The molecule has 0 aromatic carbocycles. The summed E-state index contributed by atoms with van der Waals surface area (Å²) in [4.78, 5) is 40.9. The number of hydroxylamine groups is 2. The summed E-state index contributed by atoms with van der Waals surface area (Å²) in [5.74, 6) is 0.499. The average Bonchev–Trinajstić information content (AvgIpc) is 2.93. The van der Waals surface area contributed by atoms with Gasteiger partial charge in [-0.3, -0.25) is 19.9 Å². The van der Waals surface area contributed by atoms with Gasteiger partial charge in [0.2, 0.25) is 0 Å². The lowest BCUT2D eigenvalue weighted by atomic mass is 10.3. The van der Waals surface area contributed by atoms with E-state index in [1.165, 1.54) is 13.2 Å². The maximum atomic E-state index is 12.0. The zero-order chi connectivity index (χ0) is 20.2. The summed E-state index contributed by atoms with van der Waals surface area (Å²) in [7, 11) is 1.47. The molecule has 1 fully saturated rings. The van der Waals surface area contributed by atoms with Crippen LogP contribution >= 0.6 is 11.8 Å². The van der Waals surface area contributed by atoms with Gasteiger partial charge < -0.3 is 15.9 Å². The van der Waals surface area contributed by atoms with Gasteiger partial charge in [0, 0.05) is 38.4 Å². The number of nitrogens with two attached hydrogens (primary N) is 1. The van der Waals surface area contributed by atoms with Crippen LogP contribution in [0.2, 0.25) is 0 Å². The third-order valence-electron chi connectivity index (χ3n) is 3.36. The molecule has 3 amide bonds. The lowest BCUT2D eigenvalue weighted by molar-refractivity contribution is -0.172. The van der Waals surface area contributed by atoms with E-state index in [0.717, 1.165) is 22.6 Å². The summed E-state index contributed by atoms with van der Waals surface area (Å²) in [6.45, 7) is 4.31. The molecule has 0 aromatic heterocycles. The Balaban J connectivity index is 2.44. The van der Waals surface area contributed by atoms with Crippen molar-refractivity contribution in [2.45, 2.75) is 19.3 Å². The fourth-order valence-electron chi connectivity index (χ4n) is 1.96. The predicted octanol–water partition coefficient (Wildman–Crippen LogP) is 1.35. The van der Waals surface area contributed by atoms with E-state index in [1.807, 2.05) is 6.08 Å². The molecule has 0 spiro atoms. The van der Waals surface area contributed by atoms with Crippen molar-refractivity contribution in [3.63, 3.8) is 0 Å². The Hall–Kier alpha value is -2.75. The highest BCUT2D eigenvalue weighted by molar-refractivity contribution is 7.99. The van der Waals surface area contributed by atoms with Crippen molar-refractivity contribution < 1.29 is 19.2 Å². The van der Waals surface area contributed by atoms with Gasteiger partial charge in [0.05, 0.1) is 0 Å². The van der Waals surface area contributed by atoms with Gasteiger partial charge in [0.25, 0.3) is 11.8 Å². The number of carbonyl (C=O) groups excluding carboxylic acids is 3. The van der Waals surface area contributed by atoms with Gasteiger partial charge in [0.1, 0.15) is 0 Å². The number of nitrogens with zero attached hydrogens (tertiary/aromatic N) is 2. The first-order valence-corrected chi connectivity index (χ1v) is 9.46. The molecular weight excluding hydrogens is 370 g/mol. The minimum Gasteiger partial charge on any atom is -0.370 e. The second-order valence-electron chi connectivity index (χ2n) is 5.59. The topological polar surface area (TPSA) is 129 Å². The molecule has 0 unspecified atom stereocenters. The molecule has 1 aliphatic rings. The van der Waals surface area contributed by atoms with Gasteiger partial charge in [-0.25, -0.2) is 4.79 Å². The first-order chi connectivity index (χ1) is 12.8. The average molecular weight is 395 g/mol.